The molecule has 0 bridgehead atoms. The molecular weight excluding hydrogens is 332 g/mol. The van der Waals surface area contributed by atoms with Crippen LogP contribution in [-0.2, 0) is 19.6 Å². The molecule has 4 rings (SSSR count). The summed E-state index contributed by atoms with van der Waals surface area (Å²) < 4.78 is 0. The third-order valence-corrected chi connectivity index (χ3v) is 4.72. The molecule has 0 amide bonds. The number of phenols is 1. The zero-order valence-electron chi connectivity index (χ0n) is 15.1. The first kappa shape index (κ1) is 17.3. The fourth-order valence-corrected chi connectivity index (χ4v) is 3.39. The topological polar surface area (TPSA) is 36.4 Å². The highest BCUT2D eigenvalue weighted by Gasteiger charge is 2.13. The van der Waals surface area contributed by atoms with Crippen molar-refractivity contribution in [2.24, 2.45) is 0 Å². The maximum Gasteiger partial charge on any atom is 0.146 e. The number of fused-ring (bicyclic) bond motifs is 1. The highest BCUT2D eigenvalue weighted by atomic mass is 16.3. The average Bonchev–Trinajstić information content (AvgIpc) is 2.72. The molecule has 3 nitrogen and oxygen atoms in total. The molecule has 27 heavy (non-hydrogen) atoms. The Kier molecular flexibility index (Phi) is 5.13. The molecule has 0 fully saturated rings. The maximum atomic E-state index is 10.7. The first-order chi connectivity index (χ1) is 13.3. The van der Waals surface area contributed by atoms with Crippen LogP contribution in [0.15, 0.2) is 91.1 Å². The smallest absolute Gasteiger partial charge is 0.146 e. The highest BCUT2D eigenvalue weighted by Crippen LogP contribution is 2.28. The van der Waals surface area contributed by atoms with Crippen LogP contribution in [0.1, 0.15) is 16.7 Å². The van der Waals surface area contributed by atoms with Gasteiger partial charge in [-0.3, -0.25) is 9.88 Å². The first-order valence-corrected chi connectivity index (χ1v) is 9.15. The summed E-state index contributed by atoms with van der Waals surface area (Å²) in [6.07, 6.45) is 1.72. The lowest BCUT2D eigenvalue weighted by atomic mass is 10.1. The van der Waals surface area contributed by atoms with Crippen molar-refractivity contribution in [3.05, 3.63) is 108 Å². The van der Waals surface area contributed by atoms with Gasteiger partial charge in [-0.2, -0.15) is 0 Å². The normalized spacial score (nSPS) is 11.1. The summed E-state index contributed by atoms with van der Waals surface area (Å²) in [6.45, 7) is 2.28. The number of hydrogen-bond acceptors (Lipinski definition) is 3. The summed E-state index contributed by atoms with van der Waals surface area (Å²) in [4.78, 5) is 6.69. The molecule has 0 aliphatic heterocycles. The Morgan fingerprint density at radius 2 is 1.30 bits per heavy atom. The molecule has 3 aromatic carbocycles. The molecule has 0 aliphatic rings. The third kappa shape index (κ3) is 4.15. The molecule has 0 unspecified atom stereocenters. The molecule has 1 heterocycles. The Balaban J connectivity index is 1.63. The van der Waals surface area contributed by atoms with E-state index in [0.29, 0.717) is 12.1 Å². The number of nitrogens with zero attached hydrogens (tertiary/aromatic N) is 2. The minimum absolute atomic E-state index is 0.277. The van der Waals surface area contributed by atoms with Gasteiger partial charge in [-0.05, 0) is 17.2 Å². The minimum Gasteiger partial charge on any atom is -0.505 e. The lowest BCUT2D eigenvalue weighted by molar-refractivity contribution is 0.244. The van der Waals surface area contributed by atoms with Crippen molar-refractivity contribution in [2.75, 3.05) is 0 Å². The molecule has 1 N–H and O–H groups in total. The Labute approximate surface area is 159 Å². The van der Waals surface area contributed by atoms with Gasteiger partial charge in [0.25, 0.3) is 0 Å². The van der Waals surface area contributed by atoms with Gasteiger partial charge in [0.15, 0.2) is 0 Å². The van der Waals surface area contributed by atoms with Crippen LogP contribution in [0.3, 0.4) is 0 Å². The monoisotopic (exact) mass is 354 g/mol. The third-order valence-electron chi connectivity index (χ3n) is 4.72. The van der Waals surface area contributed by atoms with Crippen LogP contribution in [0.25, 0.3) is 10.9 Å². The standard InChI is InChI=1S/C24H22N2O/c27-24-22(14-13-21-12-7-15-25-23(21)24)18-26(16-19-8-3-1-4-9-19)17-20-10-5-2-6-11-20/h1-15,27H,16-18H2. The predicted octanol–water partition coefficient (Wildman–Crippen LogP) is 5.14. The second-order valence-electron chi connectivity index (χ2n) is 6.76. The number of aromatic hydroxyl groups is 1. The fraction of sp³-hybridized carbons (Fsp3) is 0.125. The molecule has 0 aliphatic carbocycles. The first-order valence-electron chi connectivity index (χ1n) is 9.15. The second kappa shape index (κ2) is 8.02. The minimum atomic E-state index is 0.277. The van der Waals surface area contributed by atoms with Crippen LogP contribution in [0, 0.1) is 0 Å². The number of rotatable bonds is 6. The van der Waals surface area contributed by atoms with Gasteiger partial charge in [-0.25, -0.2) is 0 Å². The average molecular weight is 354 g/mol. The van der Waals surface area contributed by atoms with Gasteiger partial charge in [0, 0.05) is 36.8 Å². The Morgan fingerprint density at radius 3 is 1.93 bits per heavy atom. The van der Waals surface area contributed by atoms with Crippen LogP contribution in [0.4, 0.5) is 0 Å². The fourth-order valence-electron chi connectivity index (χ4n) is 3.39. The molecule has 1 aromatic heterocycles. The molecule has 0 saturated heterocycles. The quantitative estimate of drug-likeness (QED) is 0.521. The summed E-state index contributed by atoms with van der Waals surface area (Å²) >= 11 is 0. The van der Waals surface area contributed by atoms with Crippen LogP contribution in [-0.4, -0.2) is 15.0 Å². The Bertz CT molecular complexity index is 975. The Hall–Kier alpha value is -3.17. The number of aromatic nitrogens is 1. The number of pyridine rings is 1. The van der Waals surface area contributed by atoms with E-state index in [1.807, 2.05) is 36.4 Å². The van der Waals surface area contributed by atoms with Gasteiger partial charge in [0.05, 0.1) is 0 Å². The second-order valence-corrected chi connectivity index (χ2v) is 6.76. The van der Waals surface area contributed by atoms with Gasteiger partial charge in [-0.1, -0.05) is 78.9 Å². The molecule has 0 spiro atoms. The van der Waals surface area contributed by atoms with Crippen molar-refractivity contribution in [2.45, 2.75) is 19.6 Å². The van der Waals surface area contributed by atoms with E-state index in [0.717, 1.165) is 24.0 Å². The lowest BCUT2D eigenvalue weighted by Gasteiger charge is -2.23. The number of hydrogen-bond donors (Lipinski definition) is 1. The van der Waals surface area contributed by atoms with E-state index in [4.69, 9.17) is 0 Å². The van der Waals surface area contributed by atoms with Crippen LogP contribution < -0.4 is 0 Å². The van der Waals surface area contributed by atoms with Crippen LogP contribution in [0.5, 0.6) is 5.75 Å². The summed E-state index contributed by atoms with van der Waals surface area (Å²) in [5.74, 6) is 0.277. The largest absolute Gasteiger partial charge is 0.505 e. The van der Waals surface area contributed by atoms with E-state index in [1.54, 1.807) is 6.20 Å². The van der Waals surface area contributed by atoms with Crippen molar-refractivity contribution in [3.63, 3.8) is 0 Å². The van der Waals surface area contributed by atoms with E-state index in [2.05, 4.69) is 58.4 Å². The summed E-state index contributed by atoms with van der Waals surface area (Å²) in [7, 11) is 0. The number of phenolic OH excluding ortho intramolecular Hbond substituents is 1. The predicted molar refractivity (Wildman–Crippen MR) is 109 cm³/mol. The lowest BCUT2D eigenvalue weighted by Crippen LogP contribution is -2.22. The summed E-state index contributed by atoms with van der Waals surface area (Å²) in [5.41, 5.74) is 4.07. The summed E-state index contributed by atoms with van der Waals surface area (Å²) in [5, 5.41) is 11.7. The van der Waals surface area contributed by atoms with Gasteiger partial charge >= 0.3 is 0 Å². The van der Waals surface area contributed by atoms with Crippen LogP contribution >= 0.6 is 0 Å². The highest BCUT2D eigenvalue weighted by molar-refractivity contribution is 5.85. The number of benzene rings is 3. The molecule has 0 radical (unpaired) electrons. The van der Waals surface area contributed by atoms with E-state index in [1.165, 1.54) is 11.1 Å². The summed E-state index contributed by atoms with van der Waals surface area (Å²) in [6, 6.07) is 28.8. The molecule has 0 saturated carbocycles. The van der Waals surface area contributed by atoms with Crippen molar-refractivity contribution >= 4 is 10.9 Å². The van der Waals surface area contributed by atoms with Crippen molar-refractivity contribution in [3.8, 4) is 5.75 Å². The van der Waals surface area contributed by atoms with Gasteiger partial charge in [-0.15, -0.1) is 0 Å². The van der Waals surface area contributed by atoms with Crippen molar-refractivity contribution < 1.29 is 5.11 Å². The van der Waals surface area contributed by atoms with E-state index >= 15 is 0 Å². The SMILES string of the molecule is Oc1c(CN(Cc2ccccc2)Cc2ccccc2)ccc2cccnc12. The van der Waals surface area contributed by atoms with Crippen molar-refractivity contribution in [1.82, 2.24) is 9.88 Å². The molecule has 0 atom stereocenters. The molecule has 3 heteroatoms. The molecule has 134 valence electrons. The van der Waals surface area contributed by atoms with E-state index in [-0.39, 0.29) is 5.75 Å². The maximum absolute atomic E-state index is 10.7. The van der Waals surface area contributed by atoms with E-state index < -0.39 is 0 Å². The van der Waals surface area contributed by atoms with Crippen LogP contribution in [0.2, 0.25) is 0 Å². The zero-order chi connectivity index (χ0) is 18.5. The van der Waals surface area contributed by atoms with E-state index in [9.17, 15) is 5.11 Å². The van der Waals surface area contributed by atoms with Crippen molar-refractivity contribution in [1.29, 1.82) is 0 Å². The Morgan fingerprint density at radius 1 is 0.667 bits per heavy atom. The zero-order valence-corrected chi connectivity index (χ0v) is 15.1. The van der Waals surface area contributed by atoms with Gasteiger partial charge in [0.2, 0.25) is 0 Å². The molecular formula is C24H22N2O. The van der Waals surface area contributed by atoms with Gasteiger partial charge < -0.3 is 5.11 Å². The molecule has 4 aromatic rings. The van der Waals surface area contributed by atoms with Gasteiger partial charge in [0.1, 0.15) is 11.3 Å².